The maximum atomic E-state index is 12.3. The van der Waals surface area contributed by atoms with Crippen LogP contribution >= 0.6 is 0 Å². The van der Waals surface area contributed by atoms with Crippen molar-refractivity contribution in [1.82, 2.24) is 0 Å². The van der Waals surface area contributed by atoms with Crippen LogP contribution in [0.15, 0.2) is 0 Å². The molecular formula is C55H108O6. The van der Waals surface area contributed by atoms with E-state index in [2.05, 4.69) is 47.5 Å². The molecule has 0 aromatic carbocycles. The number of hydrogen-bond donors (Lipinski definition) is 2. The first-order valence-corrected chi connectivity index (χ1v) is 26.9. The van der Waals surface area contributed by atoms with Crippen LogP contribution in [0.4, 0.5) is 0 Å². The smallest absolute Gasteiger partial charge is 0.306 e. The third kappa shape index (κ3) is 56.4. The van der Waals surface area contributed by atoms with Crippen LogP contribution in [0.25, 0.3) is 0 Å². The molecule has 6 heteroatoms. The molecule has 2 atom stereocenters. The van der Waals surface area contributed by atoms with E-state index < -0.39 is 6.10 Å². The molecule has 0 amide bonds. The van der Waals surface area contributed by atoms with Crippen LogP contribution in [0.2, 0.25) is 0 Å². The average molecular weight is 865 g/mol. The lowest BCUT2D eigenvalue weighted by Gasteiger charge is -2.18. The van der Waals surface area contributed by atoms with Crippen molar-refractivity contribution < 1.29 is 29.3 Å². The Hall–Kier alpha value is -1.58. The largest absolute Gasteiger partial charge is 0.462 e. The average Bonchev–Trinajstić information content (AvgIpc) is 3.25. The van der Waals surface area contributed by atoms with Crippen LogP contribution in [0.3, 0.4) is 0 Å². The molecule has 0 aromatic heterocycles. The molecule has 0 aliphatic heterocycles. The highest BCUT2D eigenvalue weighted by molar-refractivity contribution is 5.69. The van der Waals surface area contributed by atoms with Gasteiger partial charge in [-0.1, -0.05) is 215 Å². The SMILES string of the molecule is C#CCC(O)CCCCCC(=O)OC(CCCC)CCCCCCCC.CCCCCCCCC(=O)OC(CCCCCCCC)CCCCCCCC.CCCCCCO. The minimum Gasteiger partial charge on any atom is -0.462 e. The number of terminal acetylenes is 1. The van der Waals surface area contributed by atoms with Crippen molar-refractivity contribution in [3.05, 3.63) is 0 Å². The van der Waals surface area contributed by atoms with Crippen molar-refractivity contribution in [2.75, 3.05) is 6.61 Å². The summed E-state index contributed by atoms with van der Waals surface area (Å²) in [5.41, 5.74) is 0. The second-order valence-electron chi connectivity index (χ2n) is 18.0. The van der Waals surface area contributed by atoms with E-state index in [-0.39, 0.29) is 24.1 Å². The number of aliphatic hydroxyl groups is 2. The number of esters is 2. The predicted octanol–water partition coefficient (Wildman–Crippen LogP) is 16.9. The number of aliphatic hydroxyl groups excluding tert-OH is 2. The molecule has 0 aliphatic carbocycles. The molecule has 0 aromatic rings. The molecule has 6 nitrogen and oxygen atoms in total. The van der Waals surface area contributed by atoms with E-state index in [0.717, 1.165) is 77.0 Å². The highest BCUT2D eigenvalue weighted by atomic mass is 16.5. The highest BCUT2D eigenvalue weighted by Gasteiger charge is 2.15. The molecule has 364 valence electrons. The molecule has 0 saturated heterocycles. The number of hydrogen-bond acceptors (Lipinski definition) is 6. The van der Waals surface area contributed by atoms with Crippen molar-refractivity contribution in [2.24, 2.45) is 0 Å². The van der Waals surface area contributed by atoms with Gasteiger partial charge in [0.05, 0.1) is 6.10 Å². The first-order chi connectivity index (χ1) is 29.8. The maximum Gasteiger partial charge on any atom is 0.306 e. The number of ether oxygens (including phenoxy) is 2. The zero-order valence-corrected chi connectivity index (χ0v) is 42.0. The standard InChI is InChI=1S/C26H52O2.C23H42O3.C6H14O/c1-4-7-10-13-16-19-22-25(23-20-17-14-11-8-5-2)28-26(27)24-21-18-15-12-9-6-3;1-4-7-9-10-11-14-19-22(18-8-5-2)26-23(25)20-15-12-13-17-21(24)16-6-3;1-2-3-4-5-6-7/h25H,4-24H2,1-3H3;3,21-22,24H,4-5,7-20H2,1-2H3;7H,2-6H2,1H3. The monoisotopic (exact) mass is 865 g/mol. The van der Waals surface area contributed by atoms with Crippen LogP contribution in [0, 0.1) is 12.3 Å². The van der Waals surface area contributed by atoms with Gasteiger partial charge < -0.3 is 19.7 Å². The van der Waals surface area contributed by atoms with Crippen molar-refractivity contribution in [3.63, 3.8) is 0 Å². The Balaban J connectivity index is -0.000000953. The van der Waals surface area contributed by atoms with Crippen LogP contribution < -0.4 is 0 Å². The van der Waals surface area contributed by atoms with Gasteiger partial charge in [0, 0.05) is 25.9 Å². The lowest BCUT2D eigenvalue weighted by Crippen LogP contribution is -2.18. The van der Waals surface area contributed by atoms with Crippen molar-refractivity contribution in [2.45, 2.75) is 323 Å². The quantitative estimate of drug-likeness (QED) is 0.0360. The van der Waals surface area contributed by atoms with E-state index in [0.29, 0.717) is 25.9 Å². The summed E-state index contributed by atoms with van der Waals surface area (Å²) in [5.74, 6) is 2.47. The van der Waals surface area contributed by atoms with Gasteiger partial charge in [-0.3, -0.25) is 9.59 Å². The number of carbonyl (C=O) groups is 2. The van der Waals surface area contributed by atoms with Crippen molar-refractivity contribution >= 4 is 11.9 Å². The van der Waals surface area contributed by atoms with Gasteiger partial charge in [-0.25, -0.2) is 0 Å². The van der Waals surface area contributed by atoms with Crippen LogP contribution in [0.5, 0.6) is 0 Å². The van der Waals surface area contributed by atoms with Crippen molar-refractivity contribution in [1.29, 1.82) is 0 Å². The summed E-state index contributed by atoms with van der Waals surface area (Å²) >= 11 is 0. The fourth-order valence-electron chi connectivity index (χ4n) is 7.56. The summed E-state index contributed by atoms with van der Waals surface area (Å²) in [7, 11) is 0. The Morgan fingerprint density at radius 1 is 0.410 bits per heavy atom. The normalized spacial score (nSPS) is 11.9. The van der Waals surface area contributed by atoms with Gasteiger partial charge in [-0.15, -0.1) is 12.3 Å². The summed E-state index contributed by atoms with van der Waals surface area (Å²) in [4.78, 5) is 24.4. The lowest BCUT2D eigenvalue weighted by atomic mass is 10.0. The molecule has 0 radical (unpaired) electrons. The molecule has 0 spiro atoms. The van der Waals surface area contributed by atoms with Crippen LogP contribution in [-0.2, 0) is 19.1 Å². The minimum atomic E-state index is -0.400. The fraction of sp³-hybridized carbons (Fsp3) is 0.927. The van der Waals surface area contributed by atoms with E-state index in [1.165, 1.54) is 167 Å². The molecule has 0 bridgehead atoms. The maximum absolute atomic E-state index is 12.3. The number of rotatable bonds is 44. The zero-order chi connectivity index (χ0) is 45.7. The highest BCUT2D eigenvalue weighted by Crippen LogP contribution is 2.19. The van der Waals surface area contributed by atoms with E-state index in [1.54, 1.807) is 0 Å². The van der Waals surface area contributed by atoms with Gasteiger partial charge in [0.25, 0.3) is 0 Å². The van der Waals surface area contributed by atoms with Crippen LogP contribution in [-0.4, -0.2) is 47.1 Å². The first kappa shape index (κ1) is 63.7. The molecular weight excluding hydrogens is 757 g/mol. The Morgan fingerprint density at radius 3 is 1.03 bits per heavy atom. The van der Waals surface area contributed by atoms with E-state index in [9.17, 15) is 14.7 Å². The molecule has 0 heterocycles. The van der Waals surface area contributed by atoms with Gasteiger partial charge >= 0.3 is 11.9 Å². The summed E-state index contributed by atoms with van der Waals surface area (Å²) in [6.45, 7) is 13.7. The summed E-state index contributed by atoms with van der Waals surface area (Å²) in [6.07, 6.45) is 51.8. The Labute approximate surface area is 382 Å². The molecule has 0 saturated carbocycles. The minimum absolute atomic E-state index is 0.0532. The summed E-state index contributed by atoms with van der Waals surface area (Å²) in [6, 6.07) is 0. The van der Waals surface area contributed by atoms with Gasteiger partial charge in [-0.05, 0) is 70.6 Å². The Kier molecular flexibility index (Phi) is 58.9. The molecule has 2 N–H and O–H groups in total. The first-order valence-electron chi connectivity index (χ1n) is 26.9. The predicted molar refractivity (Wildman–Crippen MR) is 265 cm³/mol. The second-order valence-corrected chi connectivity index (χ2v) is 18.0. The molecule has 0 fully saturated rings. The third-order valence-corrected chi connectivity index (χ3v) is 11.6. The van der Waals surface area contributed by atoms with Crippen LogP contribution in [0.1, 0.15) is 305 Å². The number of unbranched alkanes of at least 4 members (excludes halogenated alkanes) is 26. The van der Waals surface area contributed by atoms with E-state index in [1.807, 2.05) is 0 Å². The lowest BCUT2D eigenvalue weighted by molar-refractivity contribution is -0.151. The molecule has 0 rings (SSSR count). The van der Waals surface area contributed by atoms with Crippen molar-refractivity contribution in [3.8, 4) is 12.3 Å². The summed E-state index contributed by atoms with van der Waals surface area (Å²) < 4.78 is 11.6. The fourth-order valence-corrected chi connectivity index (χ4v) is 7.56. The topological polar surface area (TPSA) is 93.1 Å². The molecule has 0 aliphatic rings. The number of carbonyl (C=O) groups excluding carboxylic acids is 2. The van der Waals surface area contributed by atoms with E-state index >= 15 is 0 Å². The Morgan fingerprint density at radius 2 is 0.689 bits per heavy atom. The van der Waals surface area contributed by atoms with Gasteiger partial charge in [0.2, 0.25) is 0 Å². The van der Waals surface area contributed by atoms with E-state index in [4.69, 9.17) is 21.0 Å². The third-order valence-electron chi connectivity index (χ3n) is 11.6. The summed E-state index contributed by atoms with van der Waals surface area (Å²) in [5, 5.41) is 17.9. The van der Waals surface area contributed by atoms with Gasteiger partial charge in [0.1, 0.15) is 12.2 Å². The van der Waals surface area contributed by atoms with Gasteiger partial charge in [0.15, 0.2) is 0 Å². The van der Waals surface area contributed by atoms with Gasteiger partial charge in [-0.2, -0.15) is 0 Å². The zero-order valence-electron chi connectivity index (χ0n) is 42.0. The molecule has 61 heavy (non-hydrogen) atoms. The molecule has 2 unspecified atom stereocenters. The Bertz CT molecular complexity index is 864. The second kappa shape index (κ2) is 56.4.